The van der Waals surface area contributed by atoms with Gasteiger partial charge in [-0.05, 0) is 39.3 Å². The summed E-state index contributed by atoms with van der Waals surface area (Å²) >= 11 is 0. The number of allylic oxidation sites excluding steroid dienone is 1. The lowest BCUT2D eigenvalue weighted by Crippen LogP contribution is -2.20. The van der Waals surface area contributed by atoms with E-state index in [2.05, 4.69) is 5.32 Å². The van der Waals surface area contributed by atoms with Gasteiger partial charge < -0.3 is 10.1 Å². The van der Waals surface area contributed by atoms with E-state index in [-0.39, 0.29) is 12.5 Å². The second-order valence-electron chi connectivity index (χ2n) is 4.70. The maximum atomic E-state index is 11.6. The number of nitrogens with one attached hydrogen (secondary N) is 1. The van der Waals surface area contributed by atoms with Crippen LogP contribution in [-0.4, -0.2) is 18.5 Å². The maximum Gasteiger partial charge on any atom is 0.331 e. The molecule has 4 nitrogen and oxygen atoms in total. The van der Waals surface area contributed by atoms with Crippen LogP contribution in [0.5, 0.6) is 0 Å². The Labute approximate surface area is 113 Å². The molecule has 1 aromatic carbocycles. The third-order valence-corrected chi connectivity index (χ3v) is 2.41. The van der Waals surface area contributed by atoms with Crippen LogP contribution in [0.3, 0.4) is 0 Å². The first kappa shape index (κ1) is 15.0. The van der Waals surface area contributed by atoms with E-state index in [1.54, 1.807) is 13.8 Å². The molecule has 0 aliphatic rings. The van der Waals surface area contributed by atoms with Crippen LogP contribution in [0.2, 0.25) is 0 Å². The first-order valence-corrected chi connectivity index (χ1v) is 6.07. The smallest absolute Gasteiger partial charge is 0.331 e. The molecule has 19 heavy (non-hydrogen) atoms. The number of esters is 1. The summed E-state index contributed by atoms with van der Waals surface area (Å²) in [6, 6.07) is 5.73. The molecule has 102 valence electrons. The molecule has 0 aliphatic heterocycles. The molecule has 0 atom stereocenters. The van der Waals surface area contributed by atoms with Crippen molar-refractivity contribution in [2.75, 3.05) is 11.9 Å². The quantitative estimate of drug-likeness (QED) is 0.669. The average Bonchev–Trinajstić information content (AvgIpc) is 2.29. The van der Waals surface area contributed by atoms with Crippen molar-refractivity contribution < 1.29 is 14.3 Å². The van der Waals surface area contributed by atoms with Crippen LogP contribution in [0.15, 0.2) is 29.8 Å². The second kappa shape index (κ2) is 6.73. The summed E-state index contributed by atoms with van der Waals surface area (Å²) < 4.78 is 4.82. The zero-order valence-corrected chi connectivity index (χ0v) is 11.7. The van der Waals surface area contributed by atoms with Gasteiger partial charge in [0.2, 0.25) is 0 Å². The van der Waals surface area contributed by atoms with E-state index < -0.39 is 5.97 Å². The van der Waals surface area contributed by atoms with Crippen molar-refractivity contribution in [3.05, 3.63) is 41.0 Å². The highest BCUT2D eigenvalue weighted by Crippen LogP contribution is 2.15. The Morgan fingerprint density at radius 1 is 1.26 bits per heavy atom. The first-order chi connectivity index (χ1) is 8.88. The zero-order valence-electron chi connectivity index (χ0n) is 11.7. The highest BCUT2D eigenvalue weighted by Gasteiger charge is 2.07. The van der Waals surface area contributed by atoms with Gasteiger partial charge in [-0.15, -0.1) is 0 Å². The number of hydrogen-bond donors (Lipinski definition) is 1. The lowest BCUT2D eigenvalue weighted by Gasteiger charge is -2.09. The van der Waals surface area contributed by atoms with E-state index in [0.29, 0.717) is 0 Å². The molecule has 0 saturated heterocycles. The summed E-state index contributed by atoms with van der Waals surface area (Å²) in [5.41, 5.74) is 3.67. The zero-order chi connectivity index (χ0) is 14.4. The van der Waals surface area contributed by atoms with Crippen molar-refractivity contribution in [1.82, 2.24) is 0 Å². The van der Waals surface area contributed by atoms with E-state index in [1.807, 2.05) is 32.0 Å². The third-order valence-electron chi connectivity index (χ3n) is 2.41. The lowest BCUT2D eigenvalue weighted by atomic mass is 10.1. The van der Waals surface area contributed by atoms with E-state index in [9.17, 15) is 9.59 Å². The molecule has 4 heteroatoms. The number of carbonyl (C=O) groups is 2. The van der Waals surface area contributed by atoms with Crippen molar-refractivity contribution in [2.45, 2.75) is 27.7 Å². The molecule has 1 aromatic rings. The summed E-state index contributed by atoms with van der Waals surface area (Å²) in [4.78, 5) is 22.9. The Kier molecular flexibility index (Phi) is 5.30. The van der Waals surface area contributed by atoms with Crippen LogP contribution < -0.4 is 5.32 Å². The Balaban J connectivity index is 2.52. The summed E-state index contributed by atoms with van der Waals surface area (Å²) in [6.45, 7) is 7.20. The number of hydrogen-bond acceptors (Lipinski definition) is 3. The van der Waals surface area contributed by atoms with Crippen LogP contribution in [0, 0.1) is 13.8 Å². The predicted octanol–water partition coefficient (Wildman–Crippen LogP) is 2.75. The molecule has 0 bridgehead atoms. The topological polar surface area (TPSA) is 55.4 Å². The van der Waals surface area contributed by atoms with Gasteiger partial charge in [-0.1, -0.05) is 23.3 Å². The Hall–Kier alpha value is -2.10. The van der Waals surface area contributed by atoms with E-state index in [1.165, 1.54) is 6.08 Å². The second-order valence-corrected chi connectivity index (χ2v) is 4.70. The fourth-order valence-corrected chi connectivity index (χ4v) is 1.55. The minimum absolute atomic E-state index is 0.282. The fourth-order valence-electron chi connectivity index (χ4n) is 1.55. The SMILES string of the molecule is CC(C)=CC(=O)OCC(=O)Nc1ccc(C)cc1C. The van der Waals surface area contributed by atoms with E-state index in [0.717, 1.165) is 22.4 Å². The van der Waals surface area contributed by atoms with Gasteiger partial charge in [-0.2, -0.15) is 0 Å². The van der Waals surface area contributed by atoms with Gasteiger partial charge in [-0.3, -0.25) is 4.79 Å². The molecular weight excluding hydrogens is 242 g/mol. The molecule has 1 N–H and O–H groups in total. The van der Waals surface area contributed by atoms with Crippen LogP contribution in [-0.2, 0) is 14.3 Å². The van der Waals surface area contributed by atoms with Crippen LogP contribution in [0.1, 0.15) is 25.0 Å². The monoisotopic (exact) mass is 261 g/mol. The van der Waals surface area contributed by atoms with Crippen molar-refractivity contribution >= 4 is 17.6 Å². The highest BCUT2D eigenvalue weighted by molar-refractivity contribution is 5.94. The fraction of sp³-hybridized carbons (Fsp3) is 0.333. The third kappa shape index (κ3) is 5.38. The van der Waals surface area contributed by atoms with Gasteiger partial charge in [0.25, 0.3) is 5.91 Å². The minimum atomic E-state index is -0.504. The largest absolute Gasteiger partial charge is 0.452 e. The van der Waals surface area contributed by atoms with Gasteiger partial charge in [0.1, 0.15) is 0 Å². The molecule has 1 amide bonds. The number of benzene rings is 1. The number of anilines is 1. The summed E-state index contributed by atoms with van der Waals surface area (Å²) in [5, 5.41) is 2.71. The summed E-state index contributed by atoms with van der Waals surface area (Å²) in [6.07, 6.45) is 1.35. The van der Waals surface area contributed by atoms with Gasteiger partial charge in [0.15, 0.2) is 6.61 Å². The van der Waals surface area contributed by atoms with Crippen molar-refractivity contribution in [2.24, 2.45) is 0 Å². The molecular formula is C15H19NO3. The van der Waals surface area contributed by atoms with E-state index in [4.69, 9.17) is 4.74 Å². The number of aryl methyl sites for hydroxylation is 2. The van der Waals surface area contributed by atoms with Crippen LogP contribution >= 0.6 is 0 Å². The van der Waals surface area contributed by atoms with Gasteiger partial charge in [-0.25, -0.2) is 4.79 Å². The maximum absolute atomic E-state index is 11.6. The summed E-state index contributed by atoms with van der Waals surface area (Å²) in [5.74, 6) is -0.849. The Morgan fingerprint density at radius 3 is 2.53 bits per heavy atom. The Morgan fingerprint density at radius 2 is 1.95 bits per heavy atom. The van der Waals surface area contributed by atoms with Crippen molar-refractivity contribution in [1.29, 1.82) is 0 Å². The molecule has 0 spiro atoms. The molecule has 0 aliphatic carbocycles. The van der Waals surface area contributed by atoms with Crippen molar-refractivity contribution in [3.63, 3.8) is 0 Å². The lowest BCUT2D eigenvalue weighted by molar-refractivity contribution is -0.142. The van der Waals surface area contributed by atoms with Gasteiger partial charge >= 0.3 is 5.97 Å². The standard InChI is InChI=1S/C15H19NO3/c1-10(2)7-15(18)19-9-14(17)16-13-6-5-11(3)8-12(13)4/h5-8H,9H2,1-4H3,(H,16,17). The van der Waals surface area contributed by atoms with Crippen LogP contribution in [0.25, 0.3) is 0 Å². The normalized spacial score (nSPS) is 9.68. The number of rotatable bonds is 4. The average molecular weight is 261 g/mol. The number of ether oxygens (including phenoxy) is 1. The molecule has 0 heterocycles. The van der Waals surface area contributed by atoms with E-state index >= 15 is 0 Å². The molecule has 0 unspecified atom stereocenters. The molecule has 0 aromatic heterocycles. The predicted molar refractivity (Wildman–Crippen MR) is 74.9 cm³/mol. The molecule has 1 rings (SSSR count). The number of amides is 1. The van der Waals surface area contributed by atoms with Gasteiger partial charge in [0, 0.05) is 11.8 Å². The number of carbonyl (C=O) groups excluding carboxylic acids is 2. The Bertz CT molecular complexity index is 514. The minimum Gasteiger partial charge on any atom is -0.452 e. The molecule has 0 saturated carbocycles. The molecule has 0 fully saturated rings. The summed E-state index contributed by atoms with van der Waals surface area (Å²) in [7, 11) is 0. The molecule has 0 radical (unpaired) electrons. The van der Waals surface area contributed by atoms with Crippen LogP contribution in [0.4, 0.5) is 5.69 Å². The van der Waals surface area contributed by atoms with Gasteiger partial charge in [0.05, 0.1) is 0 Å². The first-order valence-electron chi connectivity index (χ1n) is 6.07. The highest BCUT2D eigenvalue weighted by atomic mass is 16.5. The van der Waals surface area contributed by atoms with Crippen molar-refractivity contribution in [3.8, 4) is 0 Å².